The molecule has 0 bridgehead atoms. The summed E-state index contributed by atoms with van der Waals surface area (Å²) in [6, 6.07) is 0. The number of hydrogen-bond donors (Lipinski definition) is 1. The molecule has 0 aromatic heterocycles. The molecule has 0 aromatic rings. The third-order valence-electron chi connectivity index (χ3n) is 5.34. The lowest BCUT2D eigenvalue weighted by molar-refractivity contribution is 0.125. The largest absolute Gasteiger partial charge is 0.396 e. The van der Waals surface area contributed by atoms with Crippen molar-refractivity contribution < 1.29 is 9.84 Å². The Morgan fingerprint density at radius 1 is 0.423 bits per heavy atom. The van der Waals surface area contributed by atoms with Crippen LogP contribution in [0.2, 0.25) is 0 Å². The molecule has 158 valence electrons. The maximum absolute atomic E-state index is 8.70. The number of unbranched alkanes of at least 4 members (excludes halogenated alkanes) is 18. The number of ether oxygens (including phenoxy) is 1. The van der Waals surface area contributed by atoms with Crippen molar-refractivity contribution in [1.29, 1.82) is 0 Å². The Labute approximate surface area is 165 Å². The van der Waals surface area contributed by atoms with Gasteiger partial charge in [0.2, 0.25) is 0 Å². The Morgan fingerprint density at radius 2 is 0.731 bits per heavy atom. The van der Waals surface area contributed by atoms with Crippen molar-refractivity contribution in [3.8, 4) is 0 Å². The molecule has 0 rings (SSSR count). The van der Waals surface area contributed by atoms with Gasteiger partial charge in [0.15, 0.2) is 0 Å². The van der Waals surface area contributed by atoms with Gasteiger partial charge in [-0.05, 0) is 19.3 Å². The molecule has 0 saturated heterocycles. The van der Waals surface area contributed by atoms with Crippen LogP contribution >= 0.6 is 0 Å². The minimum absolute atomic E-state index is 0.333. The minimum Gasteiger partial charge on any atom is -0.396 e. The summed E-state index contributed by atoms with van der Waals surface area (Å²) in [7, 11) is 0. The van der Waals surface area contributed by atoms with Gasteiger partial charge in [0.1, 0.15) is 0 Å². The van der Waals surface area contributed by atoms with Gasteiger partial charge in [0.25, 0.3) is 0 Å². The van der Waals surface area contributed by atoms with Crippen molar-refractivity contribution in [3.05, 3.63) is 0 Å². The summed E-state index contributed by atoms with van der Waals surface area (Å²) < 4.78 is 5.67. The zero-order valence-electron chi connectivity index (χ0n) is 18.1. The summed E-state index contributed by atoms with van der Waals surface area (Å²) in [4.78, 5) is 0. The first-order valence-electron chi connectivity index (χ1n) is 12.1. The molecule has 0 amide bonds. The van der Waals surface area contributed by atoms with Crippen LogP contribution in [-0.4, -0.2) is 24.9 Å². The normalized spacial score (nSPS) is 11.3. The fraction of sp³-hybridized carbons (Fsp3) is 1.00. The lowest BCUT2D eigenvalue weighted by Crippen LogP contribution is -1.97. The smallest absolute Gasteiger partial charge is 0.0466 e. The van der Waals surface area contributed by atoms with E-state index in [1.54, 1.807) is 0 Å². The first-order valence-corrected chi connectivity index (χ1v) is 12.1. The highest BCUT2D eigenvalue weighted by Crippen LogP contribution is 2.13. The molecule has 0 aliphatic rings. The summed E-state index contributed by atoms with van der Waals surface area (Å²) in [5.41, 5.74) is 0. The average Bonchev–Trinajstić information content (AvgIpc) is 2.66. The first kappa shape index (κ1) is 25.9. The van der Waals surface area contributed by atoms with Gasteiger partial charge in [0, 0.05) is 19.8 Å². The Kier molecular flexibility index (Phi) is 24.8. The number of aliphatic hydroxyl groups is 1. The Hall–Kier alpha value is -0.0800. The molecule has 0 atom stereocenters. The van der Waals surface area contributed by atoms with E-state index in [1.165, 1.54) is 109 Å². The second-order valence-electron chi connectivity index (χ2n) is 8.05. The maximum Gasteiger partial charge on any atom is 0.0466 e. The minimum atomic E-state index is 0.333. The van der Waals surface area contributed by atoms with E-state index in [2.05, 4.69) is 6.92 Å². The molecule has 0 radical (unpaired) electrons. The van der Waals surface area contributed by atoms with Crippen molar-refractivity contribution in [3.63, 3.8) is 0 Å². The van der Waals surface area contributed by atoms with Crippen LogP contribution in [-0.2, 0) is 4.74 Å². The molecular weight excluding hydrogens is 320 g/mol. The molecule has 0 saturated carbocycles. The predicted molar refractivity (Wildman–Crippen MR) is 116 cm³/mol. The average molecular weight is 371 g/mol. The summed E-state index contributed by atoms with van der Waals surface area (Å²) in [5, 5.41) is 8.70. The summed E-state index contributed by atoms with van der Waals surface area (Å²) in [6.45, 7) is 4.47. The lowest BCUT2D eigenvalue weighted by Gasteiger charge is -2.05. The Morgan fingerprint density at radius 3 is 1.08 bits per heavy atom. The fourth-order valence-electron chi connectivity index (χ4n) is 3.52. The van der Waals surface area contributed by atoms with Gasteiger partial charge in [-0.25, -0.2) is 0 Å². The Bertz CT molecular complexity index is 206. The molecule has 1 N–H and O–H groups in total. The summed E-state index contributed by atoms with van der Waals surface area (Å²) >= 11 is 0. The Balaban J connectivity index is 2.95. The van der Waals surface area contributed by atoms with E-state index in [-0.39, 0.29) is 0 Å². The maximum atomic E-state index is 8.70. The van der Waals surface area contributed by atoms with Crippen molar-refractivity contribution in [1.82, 2.24) is 0 Å². The van der Waals surface area contributed by atoms with Crippen LogP contribution in [0, 0.1) is 0 Å². The van der Waals surface area contributed by atoms with E-state index < -0.39 is 0 Å². The van der Waals surface area contributed by atoms with Crippen molar-refractivity contribution in [2.45, 2.75) is 135 Å². The van der Waals surface area contributed by atoms with Gasteiger partial charge in [-0.1, -0.05) is 116 Å². The van der Waals surface area contributed by atoms with Gasteiger partial charge in [-0.3, -0.25) is 0 Å². The van der Waals surface area contributed by atoms with Crippen LogP contribution in [0.15, 0.2) is 0 Å². The van der Waals surface area contributed by atoms with E-state index >= 15 is 0 Å². The monoisotopic (exact) mass is 370 g/mol. The summed E-state index contributed by atoms with van der Waals surface area (Å²) in [5.74, 6) is 0. The van der Waals surface area contributed by atoms with E-state index in [1.807, 2.05) is 0 Å². The quantitative estimate of drug-likeness (QED) is 0.186. The molecule has 0 fully saturated rings. The molecular formula is C24H50O2. The molecule has 0 unspecified atom stereocenters. The number of hydrogen-bond acceptors (Lipinski definition) is 2. The van der Waals surface area contributed by atoms with E-state index in [4.69, 9.17) is 9.84 Å². The van der Waals surface area contributed by atoms with Crippen LogP contribution in [0.1, 0.15) is 135 Å². The van der Waals surface area contributed by atoms with Crippen LogP contribution < -0.4 is 0 Å². The van der Waals surface area contributed by atoms with Gasteiger partial charge in [-0.15, -0.1) is 0 Å². The topological polar surface area (TPSA) is 29.5 Å². The lowest BCUT2D eigenvalue weighted by atomic mass is 10.0. The predicted octanol–water partition coefficient (Wildman–Crippen LogP) is 7.82. The number of aliphatic hydroxyl groups excluding tert-OH is 1. The van der Waals surface area contributed by atoms with E-state index in [9.17, 15) is 0 Å². The molecule has 2 heteroatoms. The van der Waals surface area contributed by atoms with Crippen molar-refractivity contribution in [2.24, 2.45) is 0 Å². The van der Waals surface area contributed by atoms with Gasteiger partial charge in [-0.2, -0.15) is 0 Å². The zero-order chi connectivity index (χ0) is 19.0. The second-order valence-corrected chi connectivity index (χ2v) is 8.05. The highest BCUT2D eigenvalue weighted by molar-refractivity contribution is 4.50. The van der Waals surface area contributed by atoms with E-state index in [0.717, 1.165) is 32.5 Å². The highest BCUT2D eigenvalue weighted by Gasteiger charge is 1.95. The fourth-order valence-corrected chi connectivity index (χ4v) is 3.52. The van der Waals surface area contributed by atoms with Gasteiger partial charge < -0.3 is 9.84 Å². The zero-order valence-corrected chi connectivity index (χ0v) is 18.1. The van der Waals surface area contributed by atoms with Crippen molar-refractivity contribution in [2.75, 3.05) is 19.8 Å². The third-order valence-corrected chi connectivity index (χ3v) is 5.34. The first-order chi connectivity index (χ1) is 12.9. The van der Waals surface area contributed by atoms with Crippen LogP contribution in [0.25, 0.3) is 0 Å². The SMILES string of the molecule is CCCCCCCCCCCCCCCCCCOCCCCCCO. The molecule has 0 aliphatic carbocycles. The molecule has 0 aromatic carbocycles. The molecule has 0 spiro atoms. The molecule has 0 aliphatic heterocycles. The molecule has 0 heterocycles. The van der Waals surface area contributed by atoms with E-state index in [0.29, 0.717) is 6.61 Å². The summed E-state index contributed by atoms with van der Waals surface area (Å²) in [6.07, 6.45) is 27.2. The van der Waals surface area contributed by atoms with Crippen LogP contribution in [0.5, 0.6) is 0 Å². The van der Waals surface area contributed by atoms with Crippen LogP contribution in [0.4, 0.5) is 0 Å². The molecule has 26 heavy (non-hydrogen) atoms. The number of rotatable bonds is 23. The third kappa shape index (κ3) is 23.9. The second kappa shape index (κ2) is 24.9. The van der Waals surface area contributed by atoms with Gasteiger partial charge in [0.05, 0.1) is 0 Å². The van der Waals surface area contributed by atoms with Crippen molar-refractivity contribution >= 4 is 0 Å². The standard InChI is InChI=1S/C24H50O2/c1-2-3-4-5-6-7-8-9-10-11-12-13-14-15-17-20-23-26-24-21-18-16-19-22-25/h25H,2-24H2,1H3. The van der Waals surface area contributed by atoms with Crippen LogP contribution in [0.3, 0.4) is 0 Å². The highest BCUT2D eigenvalue weighted by atomic mass is 16.5. The molecule has 2 nitrogen and oxygen atoms in total. The van der Waals surface area contributed by atoms with Gasteiger partial charge >= 0.3 is 0 Å².